The lowest BCUT2D eigenvalue weighted by Crippen LogP contribution is -2.61. The van der Waals surface area contributed by atoms with E-state index in [1.165, 1.54) is 11.9 Å². The lowest BCUT2D eigenvalue weighted by atomic mass is 9.75. The number of carboxylic acids is 1. The average molecular weight is 437 g/mol. The van der Waals surface area contributed by atoms with Crippen molar-refractivity contribution in [3.05, 3.63) is 59.7 Å². The maximum absolute atomic E-state index is 12.7. The second kappa shape index (κ2) is 8.65. The summed E-state index contributed by atoms with van der Waals surface area (Å²) in [6.07, 6.45) is 1.11. The fourth-order valence-electron chi connectivity index (χ4n) is 4.72. The third kappa shape index (κ3) is 3.72. The van der Waals surface area contributed by atoms with E-state index in [-0.39, 0.29) is 25.0 Å². The lowest BCUT2D eigenvalue weighted by Gasteiger charge is -2.45. The Morgan fingerprint density at radius 3 is 2.16 bits per heavy atom. The summed E-state index contributed by atoms with van der Waals surface area (Å²) in [7, 11) is 1.53. The van der Waals surface area contributed by atoms with Crippen molar-refractivity contribution in [1.29, 1.82) is 0 Å². The number of carboxylic acid groups (broad SMARTS) is 1. The average Bonchev–Trinajstić information content (AvgIpc) is 3.08. The van der Waals surface area contributed by atoms with E-state index < -0.39 is 23.5 Å². The highest BCUT2D eigenvalue weighted by Gasteiger charge is 2.50. The topological polar surface area (TPSA) is 95.9 Å². The number of aliphatic carboxylic acids is 1. The molecule has 168 valence electrons. The van der Waals surface area contributed by atoms with Gasteiger partial charge in [0.2, 0.25) is 5.91 Å². The van der Waals surface area contributed by atoms with Gasteiger partial charge in [0.15, 0.2) is 0 Å². The highest BCUT2D eigenvalue weighted by Crippen LogP contribution is 2.44. The van der Waals surface area contributed by atoms with Crippen LogP contribution in [0.4, 0.5) is 4.79 Å². The molecular formula is C25H28N2O5. The van der Waals surface area contributed by atoms with Crippen molar-refractivity contribution in [3.8, 4) is 11.1 Å². The second-order valence-corrected chi connectivity index (χ2v) is 8.70. The number of hydrogen-bond acceptors (Lipinski definition) is 4. The van der Waals surface area contributed by atoms with Crippen molar-refractivity contribution in [1.82, 2.24) is 10.2 Å². The molecule has 1 saturated carbocycles. The van der Waals surface area contributed by atoms with E-state index in [4.69, 9.17) is 4.74 Å². The summed E-state index contributed by atoms with van der Waals surface area (Å²) in [6.45, 7) is 1.95. The molecule has 2 amide bonds. The molecule has 7 heteroatoms. The van der Waals surface area contributed by atoms with E-state index in [0.717, 1.165) is 28.7 Å². The van der Waals surface area contributed by atoms with Crippen molar-refractivity contribution >= 4 is 18.0 Å². The maximum atomic E-state index is 12.7. The normalized spacial score (nSPS) is 16.8. The van der Waals surface area contributed by atoms with Crippen LogP contribution in [0.3, 0.4) is 0 Å². The molecule has 1 atom stereocenters. The first kappa shape index (κ1) is 21.9. The van der Waals surface area contributed by atoms with Crippen LogP contribution in [0.1, 0.15) is 43.2 Å². The van der Waals surface area contributed by atoms with Crippen LogP contribution in [0.15, 0.2) is 48.5 Å². The standard InChI is InChI=1S/C25H28N2O5/c1-16(22(28)27(2)25(23(29)30)12-7-13-25)14-26-24(31)32-15-21-19-10-5-3-8-17(19)18-9-4-6-11-20(18)21/h3-6,8-11,16,21H,7,12-15H2,1-2H3,(H,26,31)(H,29,30). The molecule has 0 aliphatic heterocycles. The van der Waals surface area contributed by atoms with Crippen molar-refractivity contribution in [2.24, 2.45) is 5.92 Å². The van der Waals surface area contributed by atoms with Crippen molar-refractivity contribution < 1.29 is 24.2 Å². The molecule has 0 saturated heterocycles. The van der Waals surface area contributed by atoms with Gasteiger partial charge in [0.1, 0.15) is 12.1 Å². The third-order valence-corrected chi connectivity index (χ3v) is 6.87. The summed E-state index contributed by atoms with van der Waals surface area (Å²) in [5.74, 6) is -1.87. The summed E-state index contributed by atoms with van der Waals surface area (Å²) in [6, 6.07) is 16.2. The zero-order valence-electron chi connectivity index (χ0n) is 18.3. The zero-order chi connectivity index (χ0) is 22.9. The summed E-state index contributed by atoms with van der Waals surface area (Å²) in [5, 5.41) is 12.2. The van der Waals surface area contributed by atoms with Crippen LogP contribution in [0.25, 0.3) is 11.1 Å². The predicted molar refractivity (Wildman–Crippen MR) is 119 cm³/mol. The van der Waals surface area contributed by atoms with E-state index in [1.807, 2.05) is 24.3 Å². The van der Waals surface area contributed by atoms with Gasteiger partial charge < -0.3 is 20.1 Å². The minimum Gasteiger partial charge on any atom is -0.479 e. The monoisotopic (exact) mass is 436 g/mol. The molecular weight excluding hydrogens is 408 g/mol. The van der Waals surface area contributed by atoms with Gasteiger partial charge in [0.25, 0.3) is 0 Å². The number of benzene rings is 2. The SMILES string of the molecule is CC(CNC(=O)OCC1c2ccccc2-c2ccccc21)C(=O)N(C)C1(C(=O)O)CCC1. The molecule has 1 fully saturated rings. The zero-order valence-corrected chi connectivity index (χ0v) is 18.3. The van der Waals surface area contributed by atoms with Crippen LogP contribution < -0.4 is 5.32 Å². The Morgan fingerprint density at radius 1 is 1.09 bits per heavy atom. The molecule has 1 unspecified atom stereocenters. The Balaban J connectivity index is 1.32. The van der Waals surface area contributed by atoms with Crippen LogP contribution in [0.5, 0.6) is 0 Å². The van der Waals surface area contributed by atoms with Crippen molar-refractivity contribution in [3.63, 3.8) is 0 Å². The molecule has 2 aromatic carbocycles. The molecule has 0 radical (unpaired) electrons. The molecule has 0 bridgehead atoms. The number of rotatable bonds is 7. The number of carbonyl (C=O) groups is 3. The Kier molecular flexibility index (Phi) is 5.91. The van der Waals surface area contributed by atoms with Gasteiger partial charge in [-0.05, 0) is 41.5 Å². The van der Waals surface area contributed by atoms with Gasteiger partial charge in [0.05, 0.1) is 5.92 Å². The fourth-order valence-corrected chi connectivity index (χ4v) is 4.72. The van der Waals surface area contributed by atoms with Gasteiger partial charge in [-0.15, -0.1) is 0 Å². The number of ether oxygens (including phenoxy) is 1. The van der Waals surface area contributed by atoms with Crippen LogP contribution >= 0.6 is 0 Å². The van der Waals surface area contributed by atoms with E-state index in [2.05, 4.69) is 29.6 Å². The highest BCUT2D eigenvalue weighted by atomic mass is 16.5. The number of alkyl carbamates (subject to hydrolysis) is 1. The second-order valence-electron chi connectivity index (χ2n) is 8.70. The Hall–Kier alpha value is -3.35. The molecule has 2 aromatic rings. The van der Waals surface area contributed by atoms with E-state index in [9.17, 15) is 19.5 Å². The minimum absolute atomic E-state index is 0.0348. The van der Waals surface area contributed by atoms with E-state index in [0.29, 0.717) is 12.8 Å². The summed E-state index contributed by atoms with van der Waals surface area (Å²) >= 11 is 0. The predicted octanol–water partition coefficient (Wildman–Crippen LogP) is 3.63. The van der Waals surface area contributed by atoms with Gasteiger partial charge in [-0.3, -0.25) is 4.79 Å². The number of carbonyl (C=O) groups excluding carboxylic acids is 2. The van der Waals surface area contributed by atoms with Gasteiger partial charge in [-0.25, -0.2) is 9.59 Å². The third-order valence-electron chi connectivity index (χ3n) is 6.87. The maximum Gasteiger partial charge on any atom is 0.407 e. The van der Waals surface area contributed by atoms with Gasteiger partial charge in [0, 0.05) is 19.5 Å². The van der Waals surface area contributed by atoms with E-state index >= 15 is 0 Å². The molecule has 2 aliphatic carbocycles. The fraction of sp³-hybridized carbons (Fsp3) is 0.400. The first-order valence-electron chi connectivity index (χ1n) is 10.9. The number of fused-ring (bicyclic) bond motifs is 3. The number of nitrogens with one attached hydrogen (secondary N) is 1. The molecule has 4 rings (SSSR count). The number of nitrogens with zero attached hydrogens (tertiary/aromatic N) is 1. The smallest absolute Gasteiger partial charge is 0.407 e. The van der Waals surface area contributed by atoms with Crippen LogP contribution in [0, 0.1) is 5.92 Å². The van der Waals surface area contributed by atoms with E-state index in [1.54, 1.807) is 6.92 Å². The van der Waals surface area contributed by atoms with Crippen LogP contribution in [-0.4, -0.2) is 53.7 Å². The Bertz CT molecular complexity index is 1000. The quantitative estimate of drug-likeness (QED) is 0.691. The largest absolute Gasteiger partial charge is 0.479 e. The van der Waals surface area contributed by atoms with Crippen LogP contribution in [-0.2, 0) is 14.3 Å². The molecule has 0 aromatic heterocycles. The van der Waals surface area contributed by atoms with Gasteiger partial charge in [-0.2, -0.15) is 0 Å². The molecule has 0 spiro atoms. The van der Waals surface area contributed by atoms with Gasteiger partial charge in [-0.1, -0.05) is 55.5 Å². The Labute approximate surface area is 187 Å². The minimum atomic E-state index is -1.12. The number of hydrogen-bond donors (Lipinski definition) is 2. The molecule has 7 nitrogen and oxygen atoms in total. The Morgan fingerprint density at radius 2 is 1.66 bits per heavy atom. The summed E-state index contributed by atoms with van der Waals surface area (Å²) in [5.41, 5.74) is 3.46. The first-order valence-corrected chi connectivity index (χ1v) is 10.9. The van der Waals surface area contributed by atoms with Crippen molar-refractivity contribution in [2.45, 2.75) is 37.6 Å². The first-order chi connectivity index (χ1) is 15.3. The lowest BCUT2D eigenvalue weighted by molar-refractivity contribution is -0.165. The number of amides is 2. The summed E-state index contributed by atoms with van der Waals surface area (Å²) < 4.78 is 5.50. The van der Waals surface area contributed by atoms with Gasteiger partial charge >= 0.3 is 12.1 Å². The highest BCUT2D eigenvalue weighted by molar-refractivity contribution is 5.89. The molecule has 2 N–H and O–H groups in total. The molecule has 32 heavy (non-hydrogen) atoms. The molecule has 0 heterocycles. The number of likely N-dealkylation sites (N-methyl/N-ethyl adjacent to an activating group) is 1. The van der Waals surface area contributed by atoms with Crippen LogP contribution in [0.2, 0.25) is 0 Å². The summed E-state index contributed by atoms with van der Waals surface area (Å²) in [4.78, 5) is 38.0. The van der Waals surface area contributed by atoms with Crippen molar-refractivity contribution in [2.75, 3.05) is 20.2 Å². The molecule has 2 aliphatic rings.